The highest BCUT2D eigenvalue weighted by atomic mass is 35.8. The van der Waals surface area contributed by atoms with Crippen molar-refractivity contribution in [1.82, 2.24) is 5.01 Å². The predicted octanol–water partition coefficient (Wildman–Crippen LogP) is 2.46. The summed E-state index contributed by atoms with van der Waals surface area (Å²) in [5, 5.41) is 4.69. The Morgan fingerprint density at radius 3 is 2.00 bits per heavy atom. The van der Waals surface area contributed by atoms with Crippen molar-refractivity contribution in [3.8, 4) is 0 Å². The first-order chi connectivity index (χ1) is 6.84. The lowest BCUT2D eigenvalue weighted by Crippen LogP contribution is -2.41. The number of rotatable bonds is 3. The Bertz CT molecular complexity index is 338. The highest BCUT2D eigenvalue weighted by Crippen LogP contribution is 2.25. The van der Waals surface area contributed by atoms with Crippen molar-refractivity contribution < 1.29 is 0 Å². The van der Waals surface area contributed by atoms with Gasteiger partial charge < -0.3 is 5.01 Å². The van der Waals surface area contributed by atoms with Gasteiger partial charge in [-0.2, -0.15) is 0 Å². The summed E-state index contributed by atoms with van der Waals surface area (Å²) in [5.41, 5.74) is 0.939. The minimum absolute atomic E-state index is 0.811. The topological polar surface area (TPSA) is 6.48 Å². The Kier molecular flexibility index (Phi) is 4.32. The summed E-state index contributed by atoms with van der Waals surface area (Å²) in [5.74, 6) is 0. The molecule has 0 aromatic heterocycles. The van der Waals surface area contributed by atoms with Crippen LogP contribution in [-0.4, -0.2) is 32.2 Å². The van der Waals surface area contributed by atoms with Crippen LogP contribution in [-0.2, 0) is 0 Å². The molecule has 2 nitrogen and oxygen atoms in total. The molecule has 6 heteroatoms. The quantitative estimate of drug-likeness (QED) is 0.478. The average Bonchev–Trinajstić information content (AvgIpc) is 2.15. The van der Waals surface area contributed by atoms with Crippen molar-refractivity contribution in [3.05, 3.63) is 24.3 Å². The van der Waals surface area contributed by atoms with E-state index in [0.29, 0.717) is 0 Å². The fourth-order valence-electron chi connectivity index (χ4n) is 1.21. The Morgan fingerprint density at radius 1 is 1.00 bits per heavy atom. The van der Waals surface area contributed by atoms with Gasteiger partial charge in [-0.3, -0.25) is 0 Å². The van der Waals surface area contributed by atoms with E-state index in [4.69, 9.17) is 33.2 Å². The van der Waals surface area contributed by atoms with E-state index in [1.54, 1.807) is 0 Å². The van der Waals surface area contributed by atoms with Crippen molar-refractivity contribution >= 4 is 50.1 Å². The summed E-state index contributed by atoms with van der Waals surface area (Å²) in [6.45, 7) is 0. The molecule has 0 spiro atoms. The van der Waals surface area contributed by atoms with E-state index in [0.717, 1.165) is 10.9 Å². The van der Waals surface area contributed by atoms with Crippen LogP contribution in [0.1, 0.15) is 0 Å². The second kappa shape index (κ2) is 4.93. The van der Waals surface area contributed by atoms with Crippen LogP contribution in [0.4, 0.5) is 5.69 Å². The van der Waals surface area contributed by atoms with Crippen molar-refractivity contribution in [2.75, 3.05) is 26.2 Å². The molecule has 1 aromatic carbocycles. The molecule has 0 atom stereocenters. The second-order valence-corrected chi connectivity index (χ2v) is 11.8. The number of para-hydroxylation sites is 1. The fraction of sp³-hybridized carbons (Fsp3) is 0.333. The van der Waals surface area contributed by atoms with E-state index in [1.165, 1.54) is 0 Å². The van der Waals surface area contributed by atoms with Gasteiger partial charge in [-0.15, -0.1) is 33.2 Å². The molecular weight excluding hydrogens is 271 g/mol. The Hall–Kier alpha value is 0.0669. The first kappa shape index (κ1) is 13.1. The van der Waals surface area contributed by atoms with Crippen LogP contribution >= 0.6 is 33.2 Å². The van der Waals surface area contributed by atoms with Gasteiger partial charge in [0.05, 0.1) is 5.69 Å². The zero-order chi connectivity index (χ0) is 11.6. The van der Waals surface area contributed by atoms with Gasteiger partial charge in [0.15, 0.2) is 0 Å². The van der Waals surface area contributed by atoms with Crippen LogP contribution in [0.25, 0.3) is 0 Å². The predicted molar refractivity (Wildman–Crippen MR) is 71.5 cm³/mol. The van der Waals surface area contributed by atoms with Gasteiger partial charge in [-0.05, 0) is 6.07 Å². The fourth-order valence-corrected chi connectivity index (χ4v) is 3.47. The maximum Gasteiger partial charge on any atom is 0.375 e. The van der Waals surface area contributed by atoms with Gasteiger partial charge in [-0.25, -0.2) is 5.01 Å². The van der Waals surface area contributed by atoms with E-state index in [9.17, 15) is 0 Å². The molecule has 0 unspecified atom stereocenters. The van der Waals surface area contributed by atoms with Gasteiger partial charge in [0, 0.05) is 26.3 Å². The SMILES string of the molecule is CN(C)N(C)c1ccccc1[Si](Cl)(Cl)Cl. The van der Waals surface area contributed by atoms with Gasteiger partial charge in [0.2, 0.25) is 0 Å². The van der Waals surface area contributed by atoms with Crippen LogP contribution < -0.4 is 10.2 Å². The second-order valence-electron chi connectivity index (χ2n) is 3.39. The molecule has 0 saturated carbocycles. The first-order valence-corrected chi connectivity index (χ1v) is 9.45. The summed E-state index contributed by atoms with van der Waals surface area (Å²) in [4.78, 5) is 0. The number of anilines is 1. The molecule has 0 saturated heterocycles. The first-order valence-electron chi connectivity index (χ1n) is 4.41. The molecule has 1 aromatic rings. The van der Waals surface area contributed by atoms with Crippen LogP contribution in [0, 0.1) is 0 Å². The van der Waals surface area contributed by atoms with Crippen molar-refractivity contribution in [2.24, 2.45) is 0 Å². The Labute approximate surface area is 105 Å². The van der Waals surface area contributed by atoms with Crippen molar-refractivity contribution in [2.45, 2.75) is 0 Å². The zero-order valence-electron chi connectivity index (χ0n) is 8.84. The molecule has 1 rings (SSSR count). The largest absolute Gasteiger partial charge is 0.375 e. The highest BCUT2D eigenvalue weighted by molar-refractivity contribution is 7.69. The van der Waals surface area contributed by atoms with Gasteiger partial charge >= 0.3 is 6.00 Å². The number of benzene rings is 1. The standard InChI is InChI=1S/C9H13Cl3N2Si/c1-13(2)14(3)8-6-4-5-7-9(8)15(10,11)12/h4-7H,1-3H3. The highest BCUT2D eigenvalue weighted by Gasteiger charge is 2.31. The van der Waals surface area contributed by atoms with E-state index in [2.05, 4.69) is 0 Å². The Balaban J connectivity index is 3.18. The third-order valence-electron chi connectivity index (χ3n) is 2.16. The van der Waals surface area contributed by atoms with E-state index in [-0.39, 0.29) is 0 Å². The molecule has 15 heavy (non-hydrogen) atoms. The molecule has 0 aliphatic carbocycles. The number of nitrogens with zero attached hydrogens (tertiary/aromatic N) is 2. The lowest BCUT2D eigenvalue weighted by Gasteiger charge is -2.29. The maximum absolute atomic E-state index is 6.04. The average molecular weight is 284 g/mol. The molecule has 0 N–H and O–H groups in total. The number of hydrogen-bond acceptors (Lipinski definition) is 2. The van der Waals surface area contributed by atoms with Gasteiger partial charge in [0.1, 0.15) is 0 Å². The summed E-state index contributed by atoms with van der Waals surface area (Å²) < 4.78 is 0. The van der Waals surface area contributed by atoms with E-state index >= 15 is 0 Å². The van der Waals surface area contributed by atoms with Crippen molar-refractivity contribution in [3.63, 3.8) is 0 Å². The van der Waals surface area contributed by atoms with Crippen LogP contribution in [0.15, 0.2) is 24.3 Å². The van der Waals surface area contributed by atoms with Gasteiger partial charge in [-0.1, -0.05) is 18.2 Å². The lowest BCUT2D eigenvalue weighted by molar-refractivity contribution is 0.398. The van der Waals surface area contributed by atoms with Crippen LogP contribution in [0.3, 0.4) is 0 Å². The molecular formula is C9H13Cl3N2Si. The van der Waals surface area contributed by atoms with Crippen LogP contribution in [0.5, 0.6) is 0 Å². The minimum atomic E-state index is -2.84. The molecule has 0 radical (unpaired) electrons. The normalized spacial score (nSPS) is 11.9. The van der Waals surface area contributed by atoms with E-state index < -0.39 is 6.00 Å². The molecule has 0 fully saturated rings. The van der Waals surface area contributed by atoms with Crippen LogP contribution in [0.2, 0.25) is 0 Å². The Morgan fingerprint density at radius 2 is 1.53 bits per heavy atom. The lowest BCUT2D eigenvalue weighted by atomic mass is 10.3. The van der Waals surface area contributed by atoms with Crippen molar-refractivity contribution in [1.29, 1.82) is 0 Å². The molecule has 0 heterocycles. The minimum Gasteiger partial charge on any atom is -0.309 e. The number of halogens is 3. The monoisotopic (exact) mass is 282 g/mol. The summed E-state index contributed by atoms with van der Waals surface area (Å²) in [7, 11) is 5.82. The zero-order valence-corrected chi connectivity index (χ0v) is 12.1. The molecule has 0 aliphatic heterocycles. The number of hydrogen-bond donors (Lipinski definition) is 0. The van der Waals surface area contributed by atoms with Gasteiger partial charge in [0.25, 0.3) is 0 Å². The molecule has 0 amide bonds. The molecule has 0 aliphatic rings. The summed E-state index contributed by atoms with van der Waals surface area (Å²) >= 11 is 18.1. The maximum atomic E-state index is 6.04. The molecule has 84 valence electrons. The molecule has 0 bridgehead atoms. The summed E-state index contributed by atoms with van der Waals surface area (Å²) in [6.07, 6.45) is 0. The summed E-state index contributed by atoms with van der Waals surface area (Å²) in [6, 6.07) is 4.80. The smallest absolute Gasteiger partial charge is 0.309 e. The number of hydrazine groups is 1. The third-order valence-corrected chi connectivity index (χ3v) is 5.02. The third kappa shape index (κ3) is 3.26. The van der Waals surface area contributed by atoms with E-state index in [1.807, 2.05) is 55.4 Å².